The lowest BCUT2D eigenvalue weighted by Crippen LogP contribution is -2.06. The molecule has 0 heterocycles. The Kier molecular flexibility index (Phi) is 6.10. The molecule has 0 radical (unpaired) electrons. The molecule has 0 amide bonds. The summed E-state index contributed by atoms with van der Waals surface area (Å²) in [6.45, 7) is 0. The number of carbonyl (C=O) groups is 1. The van der Waals surface area contributed by atoms with Gasteiger partial charge < -0.3 is 16.6 Å². The van der Waals surface area contributed by atoms with Crippen LogP contribution in [0.5, 0.6) is 0 Å². The van der Waals surface area contributed by atoms with Gasteiger partial charge in [0.2, 0.25) is 0 Å². The normalized spacial score (nSPS) is 8.00. The first-order chi connectivity index (χ1) is 5.13. The minimum atomic E-state index is -1.10. The molecule has 0 atom stereocenters. The highest BCUT2D eigenvalue weighted by molar-refractivity contribution is 5.99. The number of rotatable bonds is 1. The lowest BCUT2D eigenvalue weighted by Gasteiger charge is -2.02. The Balaban J connectivity index is 0. The number of halogens is 2. The Hall–Kier alpha value is -1.13. The number of benzene rings is 1. The Morgan fingerprint density at radius 1 is 1.15 bits per heavy atom. The quantitative estimate of drug-likeness (QED) is 0.630. The Morgan fingerprint density at radius 3 is 1.77 bits per heavy atom. The lowest BCUT2D eigenvalue weighted by molar-refractivity contribution is 0.0699. The van der Waals surface area contributed by atoms with Crippen molar-refractivity contribution in [3.63, 3.8) is 0 Å². The van der Waals surface area contributed by atoms with Crippen molar-refractivity contribution < 1.29 is 9.90 Å². The van der Waals surface area contributed by atoms with Gasteiger partial charge in [-0.25, -0.2) is 4.79 Å². The summed E-state index contributed by atoms with van der Waals surface area (Å²) in [6, 6.07) is 4.61. The van der Waals surface area contributed by atoms with Gasteiger partial charge in [-0.1, -0.05) is 6.07 Å². The summed E-state index contributed by atoms with van der Waals surface area (Å²) in [5, 5.41) is 8.59. The number of hydrogen-bond donors (Lipinski definition) is 3. The van der Waals surface area contributed by atoms with Crippen molar-refractivity contribution in [1.82, 2.24) is 0 Å². The van der Waals surface area contributed by atoms with Gasteiger partial charge in [0.15, 0.2) is 0 Å². The molecule has 1 aromatic rings. The van der Waals surface area contributed by atoms with Crippen molar-refractivity contribution in [2.75, 3.05) is 11.5 Å². The average molecular weight is 225 g/mol. The van der Waals surface area contributed by atoms with Crippen molar-refractivity contribution >= 4 is 42.2 Å². The van der Waals surface area contributed by atoms with Gasteiger partial charge in [-0.2, -0.15) is 0 Å². The van der Waals surface area contributed by atoms with Gasteiger partial charge in [0.25, 0.3) is 0 Å². The molecule has 1 aromatic carbocycles. The number of hydrogen-bond acceptors (Lipinski definition) is 3. The number of aromatic carboxylic acids is 1. The summed E-state index contributed by atoms with van der Waals surface area (Å²) in [5.74, 6) is -1.10. The largest absolute Gasteiger partial charge is 0.478 e. The SMILES string of the molecule is Cl.Cl.Nc1cccc(N)c1C(=O)O. The van der Waals surface area contributed by atoms with Gasteiger partial charge in [0.05, 0.1) is 0 Å². The molecule has 0 aliphatic carbocycles. The molecule has 1 rings (SSSR count). The summed E-state index contributed by atoms with van der Waals surface area (Å²) in [4.78, 5) is 10.5. The average Bonchev–Trinajstić information content (AvgIpc) is 1.85. The number of carboxylic acids is 1. The molecular formula is C7H10Cl2N2O2. The highest BCUT2D eigenvalue weighted by atomic mass is 35.5. The molecule has 0 aromatic heterocycles. The van der Waals surface area contributed by atoms with Gasteiger partial charge >= 0.3 is 5.97 Å². The lowest BCUT2D eigenvalue weighted by atomic mass is 10.1. The molecule has 0 aliphatic rings. The van der Waals surface area contributed by atoms with Crippen molar-refractivity contribution in [2.24, 2.45) is 0 Å². The molecule has 0 aliphatic heterocycles. The number of carboxylic acid groups (broad SMARTS) is 1. The van der Waals surface area contributed by atoms with E-state index in [0.717, 1.165) is 0 Å². The first kappa shape index (κ1) is 14.4. The first-order valence-electron chi connectivity index (χ1n) is 3.00. The van der Waals surface area contributed by atoms with Crippen LogP contribution in [0.2, 0.25) is 0 Å². The molecule has 0 saturated carbocycles. The third-order valence-electron chi connectivity index (χ3n) is 1.34. The van der Waals surface area contributed by atoms with E-state index in [9.17, 15) is 4.79 Å². The molecule has 13 heavy (non-hydrogen) atoms. The molecule has 0 saturated heterocycles. The molecule has 6 heteroatoms. The van der Waals surface area contributed by atoms with Crippen LogP contribution in [0.1, 0.15) is 10.4 Å². The van der Waals surface area contributed by atoms with Crippen LogP contribution in [-0.2, 0) is 0 Å². The number of nitrogen functional groups attached to an aromatic ring is 2. The Morgan fingerprint density at radius 2 is 1.54 bits per heavy atom. The molecular weight excluding hydrogens is 215 g/mol. The minimum Gasteiger partial charge on any atom is -0.478 e. The van der Waals surface area contributed by atoms with Crippen LogP contribution in [0, 0.1) is 0 Å². The fraction of sp³-hybridized carbons (Fsp3) is 0. The van der Waals surface area contributed by atoms with E-state index in [2.05, 4.69) is 0 Å². The van der Waals surface area contributed by atoms with Crippen LogP contribution in [-0.4, -0.2) is 11.1 Å². The zero-order valence-corrected chi connectivity index (χ0v) is 8.19. The summed E-state index contributed by atoms with van der Waals surface area (Å²) in [5.41, 5.74) is 11.1. The summed E-state index contributed by atoms with van der Waals surface area (Å²) >= 11 is 0. The zero-order chi connectivity index (χ0) is 8.43. The molecule has 4 nitrogen and oxygen atoms in total. The molecule has 0 bridgehead atoms. The Labute approximate surface area is 87.7 Å². The van der Waals surface area contributed by atoms with E-state index in [0.29, 0.717) is 0 Å². The van der Waals surface area contributed by atoms with Crippen LogP contribution < -0.4 is 11.5 Å². The van der Waals surface area contributed by atoms with Crippen LogP contribution in [0.3, 0.4) is 0 Å². The predicted molar refractivity (Wildman–Crippen MR) is 56.7 cm³/mol. The third-order valence-corrected chi connectivity index (χ3v) is 1.34. The van der Waals surface area contributed by atoms with Gasteiger partial charge in [-0.05, 0) is 12.1 Å². The molecule has 74 valence electrons. The van der Waals surface area contributed by atoms with Gasteiger partial charge in [-0.3, -0.25) is 0 Å². The highest BCUT2D eigenvalue weighted by Crippen LogP contribution is 2.18. The first-order valence-corrected chi connectivity index (χ1v) is 3.00. The maximum absolute atomic E-state index is 10.5. The summed E-state index contributed by atoms with van der Waals surface area (Å²) < 4.78 is 0. The van der Waals surface area contributed by atoms with Gasteiger partial charge in [0, 0.05) is 11.4 Å². The van der Waals surface area contributed by atoms with Crippen LogP contribution >= 0.6 is 24.8 Å². The number of anilines is 2. The maximum atomic E-state index is 10.5. The van der Waals surface area contributed by atoms with E-state index >= 15 is 0 Å². The fourth-order valence-corrected chi connectivity index (χ4v) is 0.836. The predicted octanol–water partition coefficient (Wildman–Crippen LogP) is 1.39. The van der Waals surface area contributed by atoms with Crippen LogP contribution in [0.15, 0.2) is 18.2 Å². The van der Waals surface area contributed by atoms with E-state index < -0.39 is 5.97 Å². The topological polar surface area (TPSA) is 89.3 Å². The summed E-state index contributed by atoms with van der Waals surface area (Å²) in [6.07, 6.45) is 0. The van der Waals surface area contributed by atoms with E-state index in [-0.39, 0.29) is 41.8 Å². The second kappa shape index (κ2) is 5.50. The van der Waals surface area contributed by atoms with Crippen LogP contribution in [0.25, 0.3) is 0 Å². The smallest absolute Gasteiger partial charge is 0.339 e. The molecule has 5 N–H and O–H groups in total. The van der Waals surface area contributed by atoms with Crippen molar-refractivity contribution in [1.29, 1.82) is 0 Å². The second-order valence-corrected chi connectivity index (χ2v) is 2.12. The van der Waals surface area contributed by atoms with E-state index in [1.165, 1.54) is 12.1 Å². The second-order valence-electron chi connectivity index (χ2n) is 2.12. The standard InChI is InChI=1S/C7H8N2O2.2ClH/c8-4-2-1-3-5(9)6(4)7(10)11;;/h1-3H,8-9H2,(H,10,11);2*1H. The summed E-state index contributed by atoms with van der Waals surface area (Å²) in [7, 11) is 0. The highest BCUT2D eigenvalue weighted by Gasteiger charge is 2.10. The zero-order valence-electron chi connectivity index (χ0n) is 6.56. The molecule has 0 fully saturated rings. The maximum Gasteiger partial charge on any atom is 0.339 e. The van der Waals surface area contributed by atoms with E-state index in [4.69, 9.17) is 16.6 Å². The van der Waals surface area contributed by atoms with Gasteiger partial charge in [0.1, 0.15) is 5.56 Å². The molecule has 0 unspecified atom stereocenters. The Bertz CT molecular complexity index is 284. The van der Waals surface area contributed by atoms with Crippen molar-refractivity contribution in [3.05, 3.63) is 23.8 Å². The van der Waals surface area contributed by atoms with Gasteiger partial charge in [-0.15, -0.1) is 24.8 Å². The number of nitrogens with two attached hydrogens (primary N) is 2. The van der Waals surface area contributed by atoms with Crippen LogP contribution in [0.4, 0.5) is 11.4 Å². The minimum absolute atomic E-state index is 0. The van der Waals surface area contributed by atoms with Crippen molar-refractivity contribution in [3.8, 4) is 0 Å². The van der Waals surface area contributed by atoms with E-state index in [1.807, 2.05) is 0 Å². The third kappa shape index (κ3) is 3.01. The van der Waals surface area contributed by atoms with Crippen molar-refractivity contribution in [2.45, 2.75) is 0 Å². The van der Waals surface area contributed by atoms with E-state index in [1.54, 1.807) is 6.07 Å². The fourth-order valence-electron chi connectivity index (χ4n) is 0.836. The molecule has 0 spiro atoms. The monoisotopic (exact) mass is 224 g/mol.